The van der Waals surface area contributed by atoms with E-state index in [9.17, 15) is 0 Å². The maximum Gasteiger partial charge on any atom is 0.243 e. The summed E-state index contributed by atoms with van der Waals surface area (Å²) < 4.78 is 0. The van der Waals surface area contributed by atoms with Crippen LogP contribution in [0.15, 0.2) is 84.9 Å². The molecule has 82 heavy (non-hydrogen) atoms. The van der Waals surface area contributed by atoms with Gasteiger partial charge in [-0.15, -0.1) is 0 Å². The number of rotatable bonds is 2. The summed E-state index contributed by atoms with van der Waals surface area (Å²) in [5.41, 5.74) is 28.1. The fourth-order valence-electron chi connectivity index (χ4n) is 14.7. The van der Waals surface area contributed by atoms with Gasteiger partial charge in [-0.25, -0.2) is 0 Å². The summed E-state index contributed by atoms with van der Waals surface area (Å²) in [4.78, 5) is 0. The molecule has 2 aliphatic rings. The highest BCUT2D eigenvalue weighted by molar-refractivity contribution is 7.00. The second-order valence-electron chi connectivity index (χ2n) is 36.4. The monoisotopic (exact) mass is 1090 g/mol. The Hall–Kier alpha value is -5.07. The maximum atomic E-state index is 2.66. The molecule has 8 aromatic carbocycles. The van der Waals surface area contributed by atoms with E-state index < -0.39 is 0 Å². The molecular weight excluding hydrogens is 983 g/mol. The predicted molar refractivity (Wildman–Crippen MR) is 370 cm³/mol. The third-order valence-electron chi connectivity index (χ3n) is 19.3. The Balaban J connectivity index is 1.49. The van der Waals surface area contributed by atoms with Gasteiger partial charge in [-0.05, 0) is 176 Å². The van der Waals surface area contributed by atoms with Crippen molar-refractivity contribution in [2.24, 2.45) is 0 Å². The molecule has 0 spiro atoms. The summed E-state index contributed by atoms with van der Waals surface area (Å²) in [7, 11) is 0. The van der Waals surface area contributed by atoms with Gasteiger partial charge in [0.05, 0.1) is 0 Å². The first-order valence-electron chi connectivity index (χ1n) is 31.6. The molecule has 0 saturated heterocycles. The minimum absolute atomic E-state index is 0.00167. The van der Waals surface area contributed by atoms with Gasteiger partial charge in [0.2, 0.25) is 13.4 Å². The quantitative estimate of drug-likeness (QED) is 0.120. The molecule has 0 saturated carbocycles. The maximum absolute atomic E-state index is 2.66. The molecule has 2 heterocycles. The Kier molecular flexibility index (Phi) is 13.4. The van der Waals surface area contributed by atoms with Crippen molar-refractivity contribution in [2.75, 3.05) is 0 Å². The molecule has 0 atom stereocenters. The molecule has 2 aliphatic heterocycles. The fraction of sp³-hybridized carbons (Fsp3) is 0.500. The van der Waals surface area contributed by atoms with Crippen LogP contribution in [-0.4, -0.2) is 13.4 Å². The van der Waals surface area contributed by atoms with Crippen LogP contribution in [0.1, 0.15) is 263 Å². The third-order valence-corrected chi connectivity index (χ3v) is 19.3. The van der Waals surface area contributed by atoms with Gasteiger partial charge < -0.3 is 0 Å². The molecule has 2 heteroatoms. The van der Waals surface area contributed by atoms with E-state index in [2.05, 4.69) is 293 Å². The van der Waals surface area contributed by atoms with Gasteiger partial charge in [-0.2, -0.15) is 0 Å². The first kappa shape index (κ1) is 60.1. The van der Waals surface area contributed by atoms with Crippen molar-refractivity contribution in [1.82, 2.24) is 0 Å². The van der Waals surface area contributed by atoms with Crippen LogP contribution in [0.2, 0.25) is 0 Å². The summed E-state index contributed by atoms with van der Waals surface area (Å²) >= 11 is 0. The Morgan fingerprint density at radius 3 is 0.646 bits per heavy atom. The van der Waals surface area contributed by atoms with Gasteiger partial charge in [0.1, 0.15) is 0 Å². The fourth-order valence-corrected chi connectivity index (χ4v) is 14.7. The Labute approximate surface area is 500 Å². The summed E-state index contributed by atoms with van der Waals surface area (Å²) in [5.74, 6) is 0. The Bertz CT molecular complexity index is 3600. The highest BCUT2D eigenvalue weighted by atomic mass is 14.4. The minimum Gasteiger partial charge on any atom is -0.0657 e. The highest BCUT2D eigenvalue weighted by Crippen LogP contribution is 2.49. The lowest BCUT2D eigenvalue weighted by Gasteiger charge is -2.41. The lowest BCUT2D eigenvalue weighted by Crippen LogP contribution is -2.61. The van der Waals surface area contributed by atoms with Crippen LogP contribution in [0, 0.1) is 0 Å². The number of hydrogen-bond acceptors (Lipinski definition) is 0. The molecule has 0 amide bonds. The smallest absolute Gasteiger partial charge is 0.0657 e. The normalized spacial score (nSPS) is 14.9. The van der Waals surface area contributed by atoms with Gasteiger partial charge in [-0.1, -0.05) is 313 Å². The van der Waals surface area contributed by atoms with E-state index >= 15 is 0 Å². The first-order valence-corrected chi connectivity index (χ1v) is 31.6. The zero-order valence-corrected chi connectivity index (χ0v) is 57.2. The van der Waals surface area contributed by atoms with Gasteiger partial charge in [0.15, 0.2) is 0 Å². The standard InChI is InChI=1S/C80H104B2/c1-71(2,3)47-37-53-51-35-45-31-34-62-66-52(54-38-48(72(4,5)6)40-56(76(16,17)18)68(54)82(62)70-59(79(25,26)27)43-50(74(10,11)12)44-60(70)80(28,29)30)36-46-32-33-61(65(51)63(46)64(45)66)81(67(53)55(39-47)75(13,14)15)69-57(77(19,20)21)41-49(73(7,8)9)42-58(69)78(22,23)24/h31-44H,1-30H3. The molecule has 0 fully saturated rings. The van der Waals surface area contributed by atoms with Crippen LogP contribution < -0.4 is 32.8 Å². The van der Waals surface area contributed by atoms with Gasteiger partial charge >= 0.3 is 0 Å². The molecule has 0 unspecified atom stereocenters. The zero-order chi connectivity index (χ0) is 61.1. The van der Waals surface area contributed by atoms with Crippen molar-refractivity contribution in [2.45, 2.75) is 262 Å². The van der Waals surface area contributed by atoms with E-state index in [4.69, 9.17) is 0 Å². The average Bonchev–Trinajstić information content (AvgIpc) is 1.27. The molecule has 10 rings (SSSR count). The first-order chi connectivity index (χ1) is 37.0. The lowest BCUT2D eigenvalue weighted by molar-refractivity contribution is 0.552. The zero-order valence-electron chi connectivity index (χ0n) is 57.2. The minimum atomic E-state index is -0.128. The van der Waals surface area contributed by atoms with Crippen LogP contribution in [0.4, 0.5) is 0 Å². The van der Waals surface area contributed by atoms with Crippen LogP contribution >= 0.6 is 0 Å². The molecule has 0 nitrogen and oxygen atoms in total. The van der Waals surface area contributed by atoms with Crippen LogP contribution in [0.5, 0.6) is 0 Å². The SMILES string of the molecule is CC(C)(C)c1cc2c(c(C(C)(C)C)c1)B(c1c(C(C)(C)C)cc(C(C)(C)C)cc1C(C)(C)C)c1ccc3cc4c5c(ccc6cc-2c1c3c65)B(c1c(C(C)(C)C)cc(C(C)(C)C)cc1C(C)(C)C)c1c-4cc(C(C)(C)C)cc1C(C)(C)C. The van der Waals surface area contributed by atoms with Crippen molar-refractivity contribution in [1.29, 1.82) is 0 Å². The van der Waals surface area contributed by atoms with Gasteiger partial charge in [-0.3, -0.25) is 0 Å². The largest absolute Gasteiger partial charge is 0.243 e. The second-order valence-corrected chi connectivity index (χ2v) is 36.4. The summed E-state index contributed by atoms with van der Waals surface area (Å²) in [6.45, 7) is 73.3. The second kappa shape index (κ2) is 18.2. The number of fused-ring (bicyclic) bond motifs is 4. The van der Waals surface area contributed by atoms with Crippen molar-refractivity contribution in [3.8, 4) is 22.3 Å². The molecule has 0 aromatic heterocycles. The number of benzene rings is 8. The van der Waals surface area contributed by atoms with E-state index in [1.807, 2.05) is 0 Å². The summed E-state index contributed by atoms with van der Waals surface area (Å²) in [6, 6.07) is 36.7. The van der Waals surface area contributed by atoms with E-state index in [1.165, 1.54) is 143 Å². The topological polar surface area (TPSA) is 0 Å². The van der Waals surface area contributed by atoms with Crippen LogP contribution in [0.25, 0.3) is 54.6 Å². The Morgan fingerprint density at radius 2 is 0.427 bits per heavy atom. The van der Waals surface area contributed by atoms with Gasteiger partial charge in [0.25, 0.3) is 0 Å². The molecule has 0 N–H and O–H groups in total. The van der Waals surface area contributed by atoms with Crippen molar-refractivity contribution in [3.05, 3.63) is 141 Å². The molecule has 430 valence electrons. The average molecular weight is 1090 g/mol. The van der Waals surface area contributed by atoms with Crippen molar-refractivity contribution in [3.63, 3.8) is 0 Å². The van der Waals surface area contributed by atoms with Crippen molar-refractivity contribution >= 4 is 78.5 Å². The highest BCUT2D eigenvalue weighted by Gasteiger charge is 2.46. The third kappa shape index (κ3) is 9.75. The van der Waals surface area contributed by atoms with E-state index in [-0.39, 0.29) is 67.6 Å². The molecule has 0 radical (unpaired) electrons. The van der Waals surface area contributed by atoms with Crippen LogP contribution in [-0.2, 0) is 54.1 Å². The molecule has 8 aromatic rings. The van der Waals surface area contributed by atoms with E-state index in [0.29, 0.717) is 0 Å². The molecule has 0 aliphatic carbocycles. The molecular formula is C80H104B2. The Morgan fingerprint density at radius 1 is 0.207 bits per heavy atom. The van der Waals surface area contributed by atoms with E-state index in [0.717, 1.165) is 0 Å². The van der Waals surface area contributed by atoms with Crippen molar-refractivity contribution < 1.29 is 0 Å². The van der Waals surface area contributed by atoms with Crippen LogP contribution in [0.3, 0.4) is 0 Å². The van der Waals surface area contributed by atoms with Gasteiger partial charge in [0, 0.05) is 0 Å². The summed E-state index contributed by atoms with van der Waals surface area (Å²) in [5, 5.41) is 8.43. The molecule has 0 bridgehead atoms. The lowest BCUT2D eigenvalue weighted by atomic mass is 9.29. The number of hydrogen-bond donors (Lipinski definition) is 0. The summed E-state index contributed by atoms with van der Waals surface area (Å²) in [6.07, 6.45) is 0. The van der Waals surface area contributed by atoms with E-state index in [1.54, 1.807) is 0 Å². The predicted octanol–water partition coefficient (Wildman–Crippen LogP) is 18.6.